The number of esters is 1. The number of nitrogens with two attached hydrogens (primary N) is 1. The molecular formula is C15H14BrNO2. The van der Waals surface area contributed by atoms with E-state index in [0.717, 1.165) is 10.0 Å². The van der Waals surface area contributed by atoms with Crippen molar-refractivity contribution in [2.45, 2.75) is 6.04 Å². The van der Waals surface area contributed by atoms with E-state index in [4.69, 9.17) is 10.5 Å². The maximum absolute atomic E-state index is 11.8. The first kappa shape index (κ1) is 13.8. The second kappa shape index (κ2) is 6.50. The molecule has 2 rings (SSSR count). The monoisotopic (exact) mass is 319 g/mol. The molecule has 98 valence electrons. The van der Waals surface area contributed by atoms with Crippen LogP contribution in [0.1, 0.15) is 22.0 Å². The summed E-state index contributed by atoms with van der Waals surface area (Å²) in [6, 6.07) is 16.3. The number of hydrogen-bond donors (Lipinski definition) is 1. The predicted octanol–water partition coefficient (Wildman–Crippen LogP) is 3.31. The standard InChI is InChI=1S/C15H14BrNO2/c16-13-8-4-7-12(9-13)15(18)19-10-14(17)11-5-2-1-3-6-11/h1-9,14H,10,17H2/t14-/m0/s1. The van der Waals surface area contributed by atoms with Gasteiger partial charge in [0, 0.05) is 4.47 Å². The highest BCUT2D eigenvalue weighted by molar-refractivity contribution is 9.10. The Morgan fingerprint density at radius 3 is 2.58 bits per heavy atom. The lowest BCUT2D eigenvalue weighted by Crippen LogP contribution is -2.19. The van der Waals surface area contributed by atoms with Crippen LogP contribution < -0.4 is 5.73 Å². The Morgan fingerprint density at radius 2 is 1.89 bits per heavy atom. The Balaban J connectivity index is 1.94. The fourth-order valence-corrected chi connectivity index (χ4v) is 2.06. The van der Waals surface area contributed by atoms with Crippen molar-refractivity contribution in [3.05, 3.63) is 70.2 Å². The van der Waals surface area contributed by atoms with E-state index < -0.39 is 0 Å². The Bertz CT molecular complexity index is 557. The van der Waals surface area contributed by atoms with Crippen LogP contribution in [0.25, 0.3) is 0 Å². The third-order valence-corrected chi connectivity index (χ3v) is 3.18. The summed E-state index contributed by atoms with van der Waals surface area (Å²) < 4.78 is 6.06. The lowest BCUT2D eigenvalue weighted by molar-refractivity contribution is 0.0481. The molecule has 1 atom stereocenters. The number of benzene rings is 2. The van der Waals surface area contributed by atoms with Crippen LogP contribution in [0.4, 0.5) is 0 Å². The van der Waals surface area contributed by atoms with Crippen molar-refractivity contribution in [1.29, 1.82) is 0 Å². The average molecular weight is 320 g/mol. The molecule has 2 aromatic rings. The molecule has 0 saturated heterocycles. The van der Waals surface area contributed by atoms with E-state index in [1.165, 1.54) is 0 Å². The van der Waals surface area contributed by atoms with Gasteiger partial charge in [-0.05, 0) is 23.8 Å². The molecular weight excluding hydrogens is 306 g/mol. The van der Waals surface area contributed by atoms with E-state index in [1.54, 1.807) is 18.2 Å². The normalized spacial score (nSPS) is 11.9. The molecule has 19 heavy (non-hydrogen) atoms. The summed E-state index contributed by atoms with van der Waals surface area (Å²) >= 11 is 3.31. The van der Waals surface area contributed by atoms with Gasteiger partial charge in [0.2, 0.25) is 0 Å². The molecule has 2 N–H and O–H groups in total. The summed E-state index contributed by atoms with van der Waals surface area (Å²) in [4.78, 5) is 11.8. The lowest BCUT2D eigenvalue weighted by Gasteiger charge is -2.12. The summed E-state index contributed by atoms with van der Waals surface area (Å²) in [6.45, 7) is 0.162. The van der Waals surface area contributed by atoms with Crippen LogP contribution in [0.15, 0.2) is 59.1 Å². The van der Waals surface area contributed by atoms with E-state index in [2.05, 4.69) is 15.9 Å². The van der Waals surface area contributed by atoms with Crippen molar-refractivity contribution < 1.29 is 9.53 Å². The summed E-state index contributed by atoms with van der Waals surface area (Å²) in [5.41, 5.74) is 7.42. The van der Waals surface area contributed by atoms with Gasteiger partial charge >= 0.3 is 5.97 Å². The van der Waals surface area contributed by atoms with Crippen molar-refractivity contribution in [2.75, 3.05) is 6.61 Å². The zero-order chi connectivity index (χ0) is 13.7. The molecule has 3 nitrogen and oxygen atoms in total. The molecule has 0 saturated carbocycles. The quantitative estimate of drug-likeness (QED) is 0.880. The molecule has 0 fully saturated rings. The highest BCUT2D eigenvalue weighted by atomic mass is 79.9. The lowest BCUT2D eigenvalue weighted by atomic mass is 10.1. The molecule has 4 heteroatoms. The molecule has 0 unspecified atom stereocenters. The highest BCUT2D eigenvalue weighted by Crippen LogP contribution is 2.14. The van der Waals surface area contributed by atoms with Gasteiger partial charge in [-0.3, -0.25) is 0 Å². The Hall–Kier alpha value is -1.65. The second-order valence-electron chi connectivity index (χ2n) is 4.13. The second-order valence-corrected chi connectivity index (χ2v) is 5.04. The minimum absolute atomic E-state index is 0.162. The average Bonchev–Trinajstić information content (AvgIpc) is 2.45. The molecule has 0 aliphatic heterocycles. The zero-order valence-electron chi connectivity index (χ0n) is 10.3. The summed E-state index contributed by atoms with van der Waals surface area (Å²) in [5.74, 6) is -0.368. The summed E-state index contributed by atoms with van der Waals surface area (Å²) in [6.07, 6.45) is 0. The Labute approximate surface area is 120 Å². The fraction of sp³-hybridized carbons (Fsp3) is 0.133. The van der Waals surface area contributed by atoms with Crippen LogP contribution in [0.5, 0.6) is 0 Å². The van der Waals surface area contributed by atoms with Gasteiger partial charge < -0.3 is 10.5 Å². The van der Waals surface area contributed by atoms with E-state index in [-0.39, 0.29) is 18.6 Å². The first-order valence-electron chi connectivity index (χ1n) is 5.90. The summed E-state index contributed by atoms with van der Waals surface area (Å²) in [5, 5.41) is 0. The number of rotatable bonds is 4. The first-order valence-corrected chi connectivity index (χ1v) is 6.69. The van der Waals surface area contributed by atoms with Gasteiger partial charge in [-0.15, -0.1) is 0 Å². The molecule has 0 bridgehead atoms. The molecule has 0 aliphatic carbocycles. The molecule has 0 radical (unpaired) electrons. The maximum atomic E-state index is 11.8. The van der Waals surface area contributed by atoms with Crippen LogP contribution in [-0.2, 0) is 4.74 Å². The minimum atomic E-state index is -0.368. The van der Waals surface area contributed by atoms with Crippen LogP contribution in [0, 0.1) is 0 Å². The molecule has 0 aromatic heterocycles. The van der Waals surface area contributed by atoms with E-state index in [0.29, 0.717) is 5.56 Å². The van der Waals surface area contributed by atoms with Crippen molar-refractivity contribution in [1.82, 2.24) is 0 Å². The molecule has 0 heterocycles. The van der Waals surface area contributed by atoms with Gasteiger partial charge in [-0.2, -0.15) is 0 Å². The largest absolute Gasteiger partial charge is 0.460 e. The Morgan fingerprint density at radius 1 is 1.16 bits per heavy atom. The van der Waals surface area contributed by atoms with E-state index in [1.807, 2.05) is 36.4 Å². The third kappa shape index (κ3) is 3.91. The van der Waals surface area contributed by atoms with E-state index >= 15 is 0 Å². The topological polar surface area (TPSA) is 52.3 Å². The third-order valence-electron chi connectivity index (χ3n) is 2.68. The number of halogens is 1. The van der Waals surface area contributed by atoms with Gasteiger partial charge in [0.1, 0.15) is 6.61 Å². The smallest absolute Gasteiger partial charge is 0.338 e. The number of hydrogen-bond acceptors (Lipinski definition) is 3. The van der Waals surface area contributed by atoms with Crippen LogP contribution >= 0.6 is 15.9 Å². The van der Waals surface area contributed by atoms with Gasteiger partial charge in [-0.25, -0.2) is 4.79 Å². The van der Waals surface area contributed by atoms with Crippen molar-refractivity contribution in [2.24, 2.45) is 5.73 Å². The first-order chi connectivity index (χ1) is 9.16. The molecule has 2 aromatic carbocycles. The van der Waals surface area contributed by atoms with Gasteiger partial charge in [0.15, 0.2) is 0 Å². The predicted molar refractivity (Wildman–Crippen MR) is 77.8 cm³/mol. The zero-order valence-corrected chi connectivity index (χ0v) is 11.8. The van der Waals surface area contributed by atoms with Crippen molar-refractivity contribution in [3.63, 3.8) is 0 Å². The van der Waals surface area contributed by atoms with Crippen molar-refractivity contribution in [3.8, 4) is 0 Å². The van der Waals surface area contributed by atoms with Crippen molar-refractivity contribution >= 4 is 21.9 Å². The van der Waals surface area contributed by atoms with Gasteiger partial charge in [-0.1, -0.05) is 52.3 Å². The fourth-order valence-electron chi connectivity index (χ4n) is 1.66. The minimum Gasteiger partial charge on any atom is -0.460 e. The highest BCUT2D eigenvalue weighted by Gasteiger charge is 2.11. The summed E-state index contributed by atoms with van der Waals surface area (Å²) in [7, 11) is 0. The number of carbonyl (C=O) groups excluding carboxylic acids is 1. The SMILES string of the molecule is N[C@@H](COC(=O)c1cccc(Br)c1)c1ccccc1. The maximum Gasteiger partial charge on any atom is 0.338 e. The van der Waals surface area contributed by atoms with Crippen LogP contribution in [-0.4, -0.2) is 12.6 Å². The van der Waals surface area contributed by atoms with Crippen LogP contribution in [0.3, 0.4) is 0 Å². The Kier molecular flexibility index (Phi) is 4.71. The van der Waals surface area contributed by atoms with Crippen LogP contribution in [0.2, 0.25) is 0 Å². The molecule has 0 aliphatic rings. The van der Waals surface area contributed by atoms with E-state index in [9.17, 15) is 4.79 Å². The molecule has 0 spiro atoms. The number of carbonyl (C=O) groups is 1. The van der Waals surface area contributed by atoms with Gasteiger partial charge in [0.05, 0.1) is 11.6 Å². The molecule has 0 amide bonds. The number of ether oxygens (including phenoxy) is 1. The van der Waals surface area contributed by atoms with Gasteiger partial charge in [0.25, 0.3) is 0 Å².